The zero-order valence-corrected chi connectivity index (χ0v) is 26.8. The Hall–Kier alpha value is -3.35. The molecule has 1 N–H and O–H groups in total. The molecule has 3 saturated heterocycles. The van der Waals surface area contributed by atoms with Gasteiger partial charge in [0.1, 0.15) is 6.29 Å². The zero-order chi connectivity index (χ0) is 31.8. The predicted octanol–water partition coefficient (Wildman–Crippen LogP) is 4.34. The Bertz CT molecular complexity index is 1420. The summed E-state index contributed by atoms with van der Waals surface area (Å²) in [7, 11) is 1.00. The summed E-state index contributed by atoms with van der Waals surface area (Å²) in [6, 6.07) is 9.33. The van der Waals surface area contributed by atoms with E-state index in [9.17, 15) is 9.59 Å². The van der Waals surface area contributed by atoms with Gasteiger partial charge in [0.05, 0.1) is 37.2 Å². The third-order valence-electron chi connectivity index (χ3n) is 8.26. The average molecular weight is 658 g/mol. The van der Waals surface area contributed by atoms with Crippen LogP contribution in [-0.2, 0) is 20.9 Å². The maximum absolute atomic E-state index is 12.5. The summed E-state index contributed by atoms with van der Waals surface area (Å²) >= 11 is 12.6. The minimum Gasteiger partial charge on any atom is -0.436 e. The van der Waals surface area contributed by atoms with Crippen molar-refractivity contribution >= 4 is 41.3 Å². The van der Waals surface area contributed by atoms with Gasteiger partial charge < -0.3 is 29.2 Å². The fourth-order valence-electron chi connectivity index (χ4n) is 5.74. The predicted molar refractivity (Wildman–Crippen MR) is 172 cm³/mol. The molecule has 6 rings (SSSR count). The number of piperazine rings is 1. The number of halogens is 2. The number of amides is 1. The van der Waals surface area contributed by atoms with Crippen LogP contribution in [0.25, 0.3) is 11.3 Å². The van der Waals surface area contributed by atoms with Crippen molar-refractivity contribution in [2.75, 3.05) is 64.5 Å². The van der Waals surface area contributed by atoms with Crippen LogP contribution < -0.4 is 9.64 Å². The van der Waals surface area contributed by atoms with E-state index >= 15 is 0 Å². The number of aliphatic hydroxyl groups is 1. The lowest BCUT2D eigenvalue weighted by molar-refractivity contribution is -0.150. The van der Waals surface area contributed by atoms with Crippen LogP contribution in [0.4, 0.5) is 5.95 Å². The van der Waals surface area contributed by atoms with Gasteiger partial charge in [0.2, 0.25) is 17.7 Å². The van der Waals surface area contributed by atoms with E-state index in [2.05, 4.69) is 19.8 Å². The molecule has 0 saturated carbocycles. The van der Waals surface area contributed by atoms with Crippen molar-refractivity contribution in [2.45, 2.75) is 25.8 Å². The van der Waals surface area contributed by atoms with Gasteiger partial charge in [-0.25, -0.2) is 15.0 Å². The van der Waals surface area contributed by atoms with E-state index in [0.29, 0.717) is 85.0 Å². The van der Waals surface area contributed by atoms with E-state index in [4.69, 9.17) is 42.8 Å². The largest absolute Gasteiger partial charge is 0.436 e. The van der Waals surface area contributed by atoms with Crippen molar-refractivity contribution in [3.8, 4) is 22.9 Å². The third-order valence-corrected chi connectivity index (χ3v) is 8.70. The minimum absolute atomic E-state index is 0.00310. The van der Waals surface area contributed by atoms with Crippen LogP contribution in [-0.4, -0.2) is 102 Å². The van der Waals surface area contributed by atoms with Gasteiger partial charge in [-0.1, -0.05) is 23.2 Å². The number of carbonyl (C=O) groups excluding carboxylic acids is 2. The van der Waals surface area contributed by atoms with Crippen LogP contribution in [0.3, 0.4) is 0 Å². The Labute approximate surface area is 273 Å². The Morgan fingerprint density at radius 2 is 1.64 bits per heavy atom. The summed E-state index contributed by atoms with van der Waals surface area (Å²) in [5, 5.41) is 8.06. The van der Waals surface area contributed by atoms with E-state index in [1.165, 1.54) is 0 Å². The summed E-state index contributed by atoms with van der Waals surface area (Å²) < 4.78 is 11.3. The molecule has 11 nitrogen and oxygen atoms in total. The number of piperidine rings is 1. The third kappa shape index (κ3) is 8.68. The molecular weight excluding hydrogens is 619 g/mol. The van der Waals surface area contributed by atoms with E-state index < -0.39 is 0 Å². The molecule has 13 heteroatoms. The van der Waals surface area contributed by atoms with Crippen LogP contribution in [0.2, 0.25) is 10.0 Å². The van der Waals surface area contributed by atoms with Crippen LogP contribution in [0, 0.1) is 11.8 Å². The maximum atomic E-state index is 12.5. The number of pyridine rings is 1. The lowest BCUT2D eigenvalue weighted by Crippen LogP contribution is -2.53. The normalized spacial score (nSPS) is 17.7. The molecule has 240 valence electrons. The molecule has 3 aromatic rings. The molecule has 0 aliphatic carbocycles. The molecule has 1 aromatic carbocycles. The van der Waals surface area contributed by atoms with E-state index in [-0.39, 0.29) is 11.8 Å². The lowest BCUT2D eigenvalue weighted by Gasteiger charge is -2.38. The van der Waals surface area contributed by atoms with Gasteiger partial charge in [-0.15, -0.1) is 0 Å². The second-order valence-electron chi connectivity index (χ2n) is 11.3. The van der Waals surface area contributed by atoms with Crippen molar-refractivity contribution < 1.29 is 24.2 Å². The number of aliphatic hydroxyl groups excluding tert-OH is 1. The molecule has 5 heterocycles. The highest BCUT2D eigenvalue weighted by Crippen LogP contribution is 2.31. The SMILES string of the molecule is CO.O=CCC1CCN(Cc2cc(Oc3cnc(N4CCN(C(=O)C5COC5)CC4)nc3)nc(-c3cc(Cl)cc(Cl)c3)c2)CC1. The molecule has 0 spiro atoms. The van der Waals surface area contributed by atoms with Gasteiger partial charge in [-0.3, -0.25) is 9.69 Å². The van der Waals surface area contributed by atoms with Gasteiger partial charge in [0.15, 0.2) is 5.75 Å². The number of benzene rings is 1. The molecule has 0 bridgehead atoms. The van der Waals surface area contributed by atoms with Crippen molar-refractivity contribution in [2.24, 2.45) is 11.8 Å². The number of aromatic nitrogens is 3. The maximum Gasteiger partial charge on any atom is 0.230 e. The van der Waals surface area contributed by atoms with Crippen molar-refractivity contribution in [1.29, 1.82) is 0 Å². The van der Waals surface area contributed by atoms with Gasteiger partial charge in [-0.2, -0.15) is 0 Å². The number of aldehydes is 1. The van der Waals surface area contributed by atoms with E-state index in [1.807, 2.05) is 29.2 Å². The number of nitrogens with zero attached hydrogens (tertiary/aromatic N) is 6. The van der Waals surface area contributed by atoms with Gasteiger partial charge in [0, 0.05) is 67.9 Å². The quantitative estimate of drug-likeness (QED) is 0.333. The first-order valence-corrected chi connectivity index (χ1v) is 15.9. The highest BCUT2D eigenvalue weighted by atomic mass is 35.5. The molecule has 2 aromatic heterocycles. The second kappa shape index (κ2) is 15.8. The number of likely N-dealkylation sites (tertiary alicyclic amines) is 1. The Morgan fingerprint density at radius 1 is 0.978 bits per heavy atom. The number of hydrogen-bond acceptors (Lipinski definition) is 10. The van der Waals surface area contributed by atoms with Crippen LogP contribution in [0.15, 0.2) is 42.7 Å². The number of carbonyl (C=O) groups is 2. The minimum atomic E-state index is 0.00310. The Kier molecular flexibility index (Phi) is 11.6. The fourth-order valence-corrected chi connectivity index (χ4v) is 6.26. The number of ether oxygens (including phenoxy) is 2. The van der Waals surface area contributed by atoms with Crippen LogP contribution in [0.1, 0.15) is 24.8 Å². The van der Waals surface area contributed by atoms with E-state index in [0.717, 1.165) is 57.0 Å². The topological polar surface area (TPSA) is 121 Å². The standard InChI is InChI=1S/C31H34Cl2N6O4.CH4O/c32-25-13-23(14-26(33)15-25)28-11-22(18-37-4-1-21(2-5-37)3-10-40)12-29(36-28)43-27-16-34-31(35-17-27)39-8-6-38(7-9-39)30(41)24-19-42-20-24;1-2/h10-17,21,24H,1-9,18-20H2;2H,1H3. The van der Waals surface area contributed by atoms with Crippen LogP contribution in [0.5, 0.6) is 11.6 Å². The molecule has 0 unspecified atom stereocenters. The second-order valence-corrected chi connectivity index (χ2v) is 12.2. The van der Waals surface area contributed by atoms with Crippen molar-refractivity contribution in [3.05, 3.63) is 58.3 Å². The van der Waals surface area contributed by atoms with E-state index in [1.54, 1.807) is 18.5 Å². The fraction of sp³-hybridized carbons (Fsp3) is 0.469. The van der Waals surface area contributed by atoms with Crippen molar-refractivity contribution in [3.63, 3.8) is 0 Å². The summed E-state index contributed by atoms with van der Waals surface area (Å²) in [5.74, 6) is 2.13. The smallest absolute Gasteiger partial charge is 0.230 e. The molecule has 45 heavy (non-hydrogen) atoms. The highest BCUT2D eigenvalue weighted by Gasteiger charge is 2.32. The molecule has 0 radical (unpaired) electrons. The first kappa shape index (κ1) is 33.0. The monoisotopic (exact) mass is 656 g/mol. The zero-order valence-electron chi connectivity index (χ0n) is 25.3. The Morgan fingerprint density at radius 3 is 2.24 bits per heavy atom. The molecular formula is C32H38Cl2N6O5. The summed E-state index contributed by atoms with van der Waals surface area (Å²) in [6.45, 7) is 6.25. The summed E-state index contributed by atoms with van der Waals surface area (Å²) in [5.41, 5.74) is 2.54. The molecule has 1 amide bonds. The first-order valence-electron chi connectivity index (χ1n) is 15.1. The molecule has 3 aliphatic heterocycles. The number of rotatable bonds is 9. The lowest BCUT2D eigenvalue weighted by atomic mass is 9.94. The van der Waals surface area contributed by atoms with Crippen LogP contribution >= 0.6 is 23.2 Å². The van der Waals surface area contributed by atoms with Gasteiger partial charge in [-0.05, 0) is 61.7 Å². The number of hydrogen-bond donors (Lipinski definition) is 1. The van der Waals surface area contributed by atoms with Gasteiger partial charge in [0.25, 0.3) is 0 Å². The molecule has 3 aliphatic rings. The van der Waals surface area contributed by atoms with Crippen molar-refractivity contribution in [1.82, 2.24) is 24.8 Å². The molecule has 0 atom stereocenters. The Balaban J connectivity index is 0.00000196. The summed E-state index contributed by atoms with van der Waals surface area (Å²) in [4.78, 5) is 43.7. The van der Waals surface area contributed by atoms with Gasteiger partial charge >= 0.3 is 0 Å². The first-order chi connectivity index (χ1) is 21.9. The summed E-state index contributed by atoms with van der Waals surface area (Å²) in [6.07, 6.45) is 6.97. The highest BCUT2D eigenvalue weighted by molar-refractivity contribution is 6.35. The molecule has 3 fully saturated rings. The number of anilines is 1. The average Bonchev–Trinajstić information content (AvgIpc) is 3.02.